The quantitative estimate of drug-likeness (QED) is 0.857. The van der Waals surface area contributed by atoms with Crippen molar-refractivity contribution in [2.45, 2.75) is 23.8 Å². The number of benzene rings is 1. The van der Waals surface area contributed by atoms with Crippen LogP contribution < -0.4 is 0 Å². The average Bonchev–Trinajstić information content (AvgIpc) is 3.10. The lowest BCUT2D eigenvalue weighted by Crippen LogP contribution is -2.35. The second-order valence-electron chi connectivity index (χ2n) is 4.00. The third-order valence-electron chi connectivity index (χ3n) is 2.70. The van der Waals surface area contributed by atoms with Gasteiger partial charge in [0, 0.05) is 12.6 Å². The van der Waals surface area contributed by atoms with Gasteiger partial charge in [0.2, 0.25) is 10.0 Å². The summed E-state index contributed by atoms with van der Waals surface area (Å²) in [4.78, 5) is -0.319. The molecule has 1 aliphatic carbocycles. The molecule has 0 spiro atoms. The molecule has 1 saturated carbocycles. The van der Waals surface area contributed by atoms with E-state index in [4.69, 9.17) is 5.11 Å². The van der Waals surface area contributed by atoms with Gasteiger partial charge in [-0.3, -0.25) is 0 Å². The largest absolute Gasteiger partial charge is 0.395 e. The smallest absolute Gasteiger partial charge is 0.246 e. The van der Waals surface area contributed by atoms with Gasteiger partial charge in [0.05, 0.1) is 6.61 Å². The lowest BCUT2D eigenvalue weighted by Gasteiger charge is -2.20. The van der Waals surface area contributed by atoms with E-state index in [0.717, 1.165) is 18.9 Å². The number of rotatable bonds is 5. The highest BCUT2D eigenvalue weighted by molar-refractivity contribution is 7.89. The molecule has 6 heteroatoms. The van der Waals surface area contributed by atoms with Crippen LogP contribution in [0.15, 0.2) is 29.2 Å². The van der Waals surface area contributed by atoms with Gasteiger partial charge in [-0.25, -0.2) is 12.8 Å². The molecule has 0 atom stereocenters. The molecule has 0 heterocycles. The molecular formula is C11H14FNO3S. The van der Waals surface area contributed by atoms with Crippen molar-refractivity contribution >= 4 is 10.0 Å². The van der Waals surface area contributed by atoms with Crippen LogP contribution in [0.25, 0.3) is 0 Å². The van der Waals surface area contributed by atoms with E-state index in [2.05, 4.69) is 0 Å². The highest BCUT2D eigenvalue weighted by Crippen LogP contribution is 2.32. The first-order valence-corrected chi connectivity index (χ1v) is 6.88. The van der Waals surface area contributed by atoms with E-state index in [0.29, 0.717) is 0 Å². The molecule has 17 heavy (non-hydrogen) atoms. The zero-order chi connectivity index (χ0) is 12.5. The van der Waals surface area contributed by atoms with Crippen LogP contribution in [0.3, 0.4) is 0 Å². The lowest BCUT2D eigenvalue weighted by atomic mass is 10.4. The molecule has 0 amide bonds. The summed E-state index contributed by atoms with van der Waals surface area (Å²) in [6.07, 6.45) is 1.54. The molecule has 0 saturated heterocycles. The van der Waals surface area contributed by atoms with Crippen LogP contribution in [-0.2, 0) is 10.0 Å². The van der Waals surface area contributed by atoms with Crippen molar-refractivity contribution in [2.75, 3.05) is 13.2 Å². The molecule has 1 aliphatic rings. The molecule has 1 N–H and O–H groups in total. The standard InChI is InChI=1S/C11H14FNO3S/c12-10-3-1-2-4-11(10)17(15,16)13(7-8-14)9-5-6-9/h1-4,9,14H,5-8H2. The number of sulfonamides is 1. The Balaban J connectivity index is 2.37. The van der Waals surface area contributed by atoms with E-state index < -0.39 is 15.8 Å². The molecule has 1 fully saturated rings. The van der Waals surface area contributed by atoms with Crippen LogP contribution >= 0.6 is 0 Å². The van der Waals surface area contributed by atoms with Crippen molar-refractivity contribution in [3.8, 4) is 0 Å². The minimum atomic E-state index is -3.83. The Morgan fingerprint density at radius 1 is 1.35 bits per heavy atom. The second-order valence-corrected chi connectivity index (χ2v) is 5.86. The lowest BCUT2D eigenvalue weighted by molar-refractivity contribution is 0.250. The number of halogens is 1. The summed E-state index contributed by atoms with van der Waals surface area (Å²) in [5, 5.41) is 8.89. The Bertz CT molecular complexity index is 499. The first-order chi connectivity index (χ1) is 8.07. The van der Waals surface area contributed by atoms with E-state index in [9.17, 15) is 12.8 Å². The van der Waals surface area contributed by atoms with E-state index in [1.165, 1.54) is 22.5 Å². The Hall–Kier alpha value is -0.980. The maximum atomic E-state index is 13.5. The van der Waals surface area contributed by atoms with Crippen LogP contribution in [0.1, 0.15) is 12.8 Å². The zero-order valence-corrected chi connectivity index (χ0v) is 10.0. The molecule has 2 rings (SSSR count). The van der Waals surface area contributed by atoms with Gasteiger partial charge in [-0.1, -0.05) is 12.1 Å². The average molecular weight is 259 g/mol. The van der Waals surface area contributed by atoms with Crippen LogP contribution in [0.5, 0.6) is 0 Å². The molecule has 0 aliphatic heterocycles. The third kappa shape index (κ3) is 2.48. The Kier molecular flexibility index (Phi) is 3.46. The van der Waals surface area contributed by atoms with Crippen LogP contribution in [0.4, 0.5) is 4.39 Å². The number of aliphatic hydroxyl groups is 1. The summed E-state index contributed by atoms with van der Waals surface area (Å²) in [6, 6.07) is 5.21. The SMILES string of the molecule is O=S(=O)(c1ccccc1F)N(CCO)C1CC1. The minimum absolute atomic E-state index is 0.0152. The summed E-state index contributed by atoms with van der Waals surface area (Å²) in [5.74, 6) is -0.754. The molecule has 0 aromatic heterocycles. The van der Waals surface area contributed by atoms with Crippen molar-refractivity contribution in [2.24, 2.45) is 0 Å². The Labute approximate surface area is 99.7 Å². The van der Waals surface area contributed by atoms with Gasteiger partial charge in [0.1, 0.15) is 10.7 Å². The summed E-state index contributed by atoms with van der Waals surface area (Å²) >= 11 is 0. The van der Waals surface area contributed by atoms with E-state index in [1.807, 2.05) is 0 Å². The number of hydrogen-bond acceptors (Lipinski definition) is 3. The fourth-order valence-corrected chi connectivity index (χ4v) is 3.48. The molecule has 0 radical (unpaired) electrons. The summed E-state index contributed by atoms with van der Waals surface area (Å²) in [6.45, 7) is -0.245. The number of nitrogens with zero attached hydrogens (tertiary/aromatic N) is 1. The second kappa shape index (κ2) is 4.72. The predicted octanol–water partition coefficient (Wildman–Crippen LogP) is 0.971. The third-order valence-corrected chi connectivity index (χ3v) is 4.68. The van der Waals surface area contributed by atoms with Gasteiger partial charge in [-0.05, 0) is 25.0 Å². The van der Waals surface area contributed by atoms with Gasteiger partial charge >= 0.3 is 0 Å². The molecule has 0 unspecified atom stereocenters. The van der Waals surface area contributed by atoms with Gasteiger partial charge in [-0.2, -0.15) is 4.31 Å². The van der Waals surface area contributed by atoms with Gasteiger partial charge in [-0.15, -0.1) is 0 Å². The van der Waals surface area contributed by atoms with Crippen molar-refractivity contribution < 1.29 is 17.9 Å². The molecular weight excluding hydrogens is 245 g/mol. The van der Waals surface area contributed by atoms with E-state index in [-0.39, 0.29) is 24.1 Å². The van der Waals surface area contributed by atoms with E-state index >= 15 is 0 Å². The highest BCUT2D eigenvalue weighted by atomic mass is 32.2. The molecule has 1 aromatic rings. The van der Waals surface area contributed by atoms with Crippen LogP contribution in [0.2, 0.25) is 0 Å². The Morgan fingerprint density at radius 2 is 2.00 bits per heavy atom. The normalized spacial score (nSPS) is 16.4. The van der Waals surface area contributed by atoms with Crippen molar-refractivity contribution in [3.05, 3.63) is 30.1 Å². The maximum Gasteiger partial charge on any atom is 0.246 e. The zero-order valence-electron chi connectivity index (χ0n) is 9.21. The molecule has 1 aromatic carbocycles. The van der Waals surface area contributed by atoms with Crippen molar-refractivity contribution in [1.29, 1.82) is 0 Å². The fraction of sp³-hybridized carbons (Fsp3) is 0.455. The maximum absolute atomic E-state index is 13.5. The predicted molar refractivity (Wildman–Crippen MR) is 60.4 cm³/mol. The van der Waals surface area contributed by atoms with Crippen molar-refractivity contribution in [1.82, 2.24) is 4.31 Å². The Morgan fingerprint density at radius 3 is 2.53 bits per heavy atom. The number of aliphatic hydroxyl groups excluding tert-OH is 1. The first kappa shape index (κ1) is 12.5. The molecule has 0 bridgehead atoms. The highest BCUT2D eigenvalue weighted by Gasteiger charge is 2.38. The van der Waals surface area contributed by atoms with Crippen LogP contribution in [-0.4, -0.2) is 37.0 Å². The van der Waals surface area contributed by atoms with Crippen LogP contribution in [0, 0.1) is 5.82 Å². The van der Waals surface area contributed by atoms with Gasteiger partial charge in [0.15, 0.2) is 0 Å². The molecule has 4 nitrogen and oxygen atoms in total. The summed E-state index contributed by atoms with van der Waals surface area (Å²) in [5.41, 5.74) is 0. The summed E-state index contributed by atoms with van der Waals surface area (Å²) in [7, 11) is -3.83. The van der Waals surface area contributed by atoms with Gasteiger partial charge < -0.3 is 5.11 Å². The fourth-order valence-electron chi connectivity index (χ4n) is 1.74. The summed E-state index contributed by atoms with van der Waals surface area (Å²) < 4.78 is 39.1. The molecule has 94 valence electrons. The van der Waals surface area contributed by atoms with E-state index in [1.54, 1.807) is 0 Å². The van der Waals surface area contributed by atoms with Crippen molar-refractivity contribution in [3.63, 3.8) is 0 Å². The first-order valence-electron chi connectivity index (χ1n) is 5.44. The van der Waals surface area contributed by atoms with Gasteiger partial charge in [0.25, 0.3) is 0 Å². The monoisotopic (exact) mass is 259 g/mol. The topological polar surface area (TPSA) is 57.6 Å². The number of hydrogen-bond donors (Lipinski definition) is 1. The minimum Gasteiger partial charge on any atom is -0.395 e.